The number of benzene rings is 2. The Hall–Kier alpha value is -2.20. The fraction of sp³-hybridized carbons (Fsp3) is 0.429. The molecule has 3 rings (SSSR count). The minimum absolute atomic E-state index is 0.351. The van der Waals surface area contributed by atoms with Crippen molar-refractivity contribution in [2.24, 2.45) is 5.92 Å². The third kappa shape index (κ3) is 4.07. The Morgan fingerprint density at radius 1 is 1.12 bits per heavy atom. The van der Waals surface area contributed by atoms with Crippen molar-refractivity contribution in [2.75, 3.05) is 27.3 Å². The van der Waals surface area contributed by atoms with Gasteiger partial charge in [-0.1, -0.05) is 13.0 Å². The van der Waals surface area contributed by atoms with E-state index in [1.165, 1.54) is 12.8 Å². The van der Waals surface area contributed by atoms with E-state index in [-0.39, 0.29) is 0 Å². The maximum Gasteiger partial charge on any atom is 0.126 e. The van der Waals surface area contributed by atoms with Crippen LogP contribution in [0.4, 0.5) is 0 Å². The fourth-order valence-corrected chi connectivity index (χ4v) is 3.59. The molecule has 0 radical (unpaired) electrons. The Labute approximate surface area is 150 Å². The molecule has 1 N–H and O–H groups in total. The van der Waals surface area contributed by atoms with Crippen LogP contribution in [0, 0.1) is 5.92 Å². The van der Waals surface area contributed by atoms with Gasteiger partial charge in [-0.3, -0.25) is 4.90 Å². The molecule has 25 heavy (non-hydrogen) atoms. The van der Waals surface area contributed by atoms with Gasteiger partial charge in [-0.2, -0.15) is 0 Å². The highest BCUT2D eigenvalue weighted by atomic mass is 16.5. The summed E-state index contributed by atoms with van der Waals surface area (Å²) in [4.78, 5) is 2.43. The molecule has 134 valence electrons. The number of aromatic hydroxyl groups is 1. The van der Waals surface area contributed by atoms with Crippen molar-refractivity contribution < 1.29 is 14.6 Å². The van der Waals surface area contributed by atoms with Gasteiger partial charge in [-0.15, -0.1) is 0 Å². The maximum atomic E-state index is 10.3. The Morgan fingerprint density at radius 3 is 2.68 bits per heavy atom. The zero-order valence-electron chi connectivity index (χ0n) is 15.3. The van der Waals surface area contributed by atoms with Crippen molar-refractivity contribution in [2.45, 2.75) is 26.3 Å². The highest BCUT2D eigenvalue weighted by molar-refractivity contribution is 5.73. The molecule has 0 bridgehead atoms. The van der Waals surface area contributed by atoms with E-state index in [2.05, 4.69) is 17.9 Å². The van der Waals surface area contributed by atoms with Crippen molar-refractivity contribution in [3.8, 4) is 28.4 Å². The van der Waals surface area contributed by atoms with Gasteiger partial charge in [0.25, 0.3) is 0 Å². The van der Waals surface area contributed by atoms with Crippen molar-refractivity contribution >= 4 is 0 Å². The van der Waals surface area contributed by atoms with Crippen molar-refractivity contribution in [3.63, 3.8) is 0 Å². The number of phenols is 1. The maximum absolute atomic E-state index is 10.3. The first kappa shape index (κ1) is 17.6. The van der Waals surface area contributed by atoms with Crippen LogP contribution in [-0.4, -0.2) is 37.3 Å². The van der Waals surface area contributed by atoms with E-state index in [1.54, 1.807) is 20.3 Å². The number of hydrogen-bond acceptors (Lipinski definition) is 4. The van der Waals surface area contributed by atoms with Crippen molar-refractivity contribution in [3.05, 3.63) is 42.0 Å². The zero-order valence-corrected chi connectivity index (χ0v) is 15.3. The molecular formula is C21H27NO3. The van der Waals surface area contributed by atoms with Crippen LogP contribution < -0.4 is 9.47 Å². The normalized spacial score (nSPS) is 18.1. The van der Waals surface area contributed by atoms with Gasteiger partial charge in [0, 0.05) is 24.2 Å². The molecule has 0 aromatic heterocycles. The summed E-state index contributed by atoms with van der Waals surface area (Å²) >= 11 is 0. The number of ether oxygens (including phenoxy) is 2. The molecule has 4 heteroatoms. The summed E-state index contributed by atoms with van der Waals surface area (Å²) in [6, 6.07) is 11.5. The first-order valence-corrected chi connectivity index (χ1v) is 8.87. The van der Waals surface area contributed by atoms with Gasteiger partial charge in [0.1, 0.15) is 17.2 Å². The summed E-state index contributed by atoms with van der Waals surface area (Å²) in [6.45, 7) is 5.25. The van der Waals surface area contributed by atoms with Gasteiger partial charge < -0.3 is 14.6 Å². The predicted octanol–water partition coefficient (Wildman–Crippen LogP) is 4.31. The average Bonchev–Trinajstić information content (AvgIpc) is 2.63. The smallest absolute Gasteiger partial charge is 0.126 e. The number of phenolic OH excluding ortho intramolecular Hbond substituents is 1. The molecule has 0 amide bonds. The lowest BCUT2D eigenvalue weighted by molar-refractivity contribution is 0.175. The lowest BCUT2D eigenvalue weighted by atomic mass is 9.98. The number of methoxy groups -OCH3 is 2. The number of rotatable bonds is 5. The first-order chi connectivity index (χ1) is 12.1. The molecule has 0 saturated carbocycles. The Bertz CT molecular complexity index is 729. The monoisotopic (exact) mass is 341 g/mol. The molecule has 1 aliphatic rings. The SMILES string of the molecule is COc1ccc(OC)c(-c2ccc(O)c(CN3CCCC(C)C3)c2)c1. The summed E-state index contributed by atoms with van der Waals surface area (Å²) < 4.78 is 10.9. The molecule has 1 atom stereocenters. The molecule has 1 unspecified atom stereocenters. The van der Waals surface area contributed by atoms with Gasteiger partial charge in [0.05, 0.1) is 14.2 Å². The molecule has 1 heterocycles. The molecule has 2 aromatic rings. The van der Waals surface area contributed by atoms with Crippen LogP contribution in [0.5, 0.6) is 17.2 Å². The van der Waals surface area contributed by atoms with Crippen LogP contribution in [0.2, 0.25) is 0 Å². The molecular weight excluding hydrogens is 314 g/mol. The van der Waals surface area contributed by atoms with Crippen LogP contribution >= 0.6 is 0 Å². The summed E-state index contributed by atoms with van der Waals surface area (Å²) in [5.41, 5.74) is 2.94. The topological polar surface area (TPSA) is 41.9 Å². The summed E-state index contributed by atoms with van der Waals surface area (Å²) in [5.74, 6) is 2.65. The largest absolute Gasteiger partial charge is 0.508 e. The quantitative estimate of drug-likeness (QED) is 0.880. The zero-order chi connectivity index (χ0) is 17.8. The third-order valence-electron chi connectivity index (χ3n) is 4.93. The van der Waals surface area contributed by atoms with Crippen LogP contribution in [0.25, 0.3) is 11.1 Å². The lowest BCUT2D eigenvalue weighted by Gasteiger charge is -2.31. The first-order valence-electron chi connectivity index (χ1n) is 8.87. The van der Waals surface area contributed by atoms with Gasteiger partial charge in [0.15, 0.2) is 0 Å². The molecule has 1 fully saturated rings. The van der Waals surface area contributed by atoms with Gasteiger partial charge in [-0.25, -0.2) is 0 Å². The summed E-state index contributed by atoms with van der Waals surface area (Å²) in [5, 5.41) is 10.3. The Kier molecular flexibility index (Phi) is 5.49. The van der Waals surface area contributed by atoms with Gasteiger partial charge in [-0.05, 0) is 61.2 Å². The number of nitrogens with zero attached hydrogens (tertiary/aromatic N) is 1. The standard InChI is InChI=1S/C21H27NO3/c1-15-5-4-10-22(13-15)14-17-11-16(6-8-20(17)23)19-12-18(24-2)7-9-21(19)25-3/h6-9,11-12,15,23H,4-5,10,13-14H2,1-3H3. The van der Waals surface area contributed by atoms with Crippen LogP contribution in [-0.2, 0) is 6.54 Å². The van der Waals surface area contributed by atoms with E-state index < -0.39 is 0 Å². The summed E-state index contributed by atoms with van der Waals surface area (Å²) in [7, 11) is 3.33. The van der Waals surface area contributed by atoms with E-state index in [9.17, 15) is 5.11 Å². The highest BCUT2D eigenvalue weighted by Crippen LogP contribution is 2.36. The lowest BCUT2D eigenvalue weighted by Crippen LogP contribution is -2.33. The van der Waals surface area contributed by atoms with Crippen LogP contribution in [0.3, 0.4) is 0 Å². The van der Waals surface area contributed by atoms with E-state index in [4.69, 9.17) is 9.47 Å². The molecule has 2 aromatic carbocycles. The number of hydrogen-bond donors (Lipinski definition) is 1. The summed E-state index contributed by atoms with van der Waals surface area (Å²) in [6.07, 6.45) is 2.52. The van der Waals surface area contributed by atoms with Crippen LogP contribution in [0.1, 0.15) is 25.3 Å². The number of likely N-dealkylation sites (tertiary alicyclic amines) is 1. The van der Waals surface area contributed by atoms with Gasteiger partial charge in [0.2, 0.25) is 0 Å². The van der Waals surface area contributed by atoms with E-state index in [0.29, 0.717) is 5.75 Å². The number of piperidine rings is 1. The van der Waals surface area contributed by atoms with E-state index in [0.717, 1.165) is 53.7 Å². The van der Waals surface area contributed by atoms with Crippen molar-refractivity contribution in [1.82, 2.24) is 4.90 Å². The van der Waals surface area contributed by atoms with E-state index in [1.807, 2.05) is 24.3 Å². The second kappa shape index (κ2) is 7.79. The van der Waals surface area contributed by atoms with Gasteiger partial charge >= 0.3 is 0 Å². The minimum atomic E-state index is 0.351. The Morgan fingerprint density at radius 2 is 1.96 bits per heavy atom. The Balaban J connectivity index is 1.91. The minimum Gasteiger partial charge on any atom is -0.508 e. The average molecular weight is 341 g/mol. The molecule has 1 aliphatic heterocycles. The molecule has 0 spiro atoms. The predicted molar refractivity (Wildman–Crippen MR) is 100 cm³/mol. The van der Waals surface area contributed by atoms with E-state index >= 15 is 0 Å². The van der Waals surface area contributed by atoms with Crippen LogP contribution in [0.15, 0.2) is 36.4 Å². The molecule has 1 saturated heterocycles. The molecule has 4 nitrogen and oxygen atoms in total. The third-order valence-corrected chi connectivity index (χ3v) is 4.93. The second-order valence-corrected chi connectivity index (χ2v) is 6.89. The highest BCUT2D eigenvalue weighted by Gasteiger charge is 2.18. The second-order valence-electron chi connectivity index (χ2n) is 6.89. The fourth-order valence-electron chi connectivity index (χ4n) is 3.59. The molecule has 0 aliphatic carbocycles. The van der Waals surface area contributed by atoms with Crippen molar-refractivity contribution in [1.29, 1.82) is 0 Å².